The molecular weight excluding hydrogens is 199 g/mol. The summed E-state index contributed by atoms with van der Waals surface area (Å²) < 4.78 is 13.3. The van der Waals surface area contributed by atoms with Crippen molar-refractivity contribution in [1.29, 1.82) is 0 Å². The van der Waals surface area contributed by atoms with Gasteiger partial charge in [-0.05, 0) is 6.07 Å². The Balaban J connectivity index is 2.99. The van der Waals surface area contributed by atoms with E-state index in [0.717, 1.165) is 0 Å². The number of hydrogen-bond donors (Lipinski definition) is 1. The second kappa shape index (κ2) is 3.27. The molecule has 15 heavy (non-hydrogen) atoms. The third-order valence-corrected chi connectivity index (χ3v) is 2.05. The van der Waals surface area contributed by atoms with Gasteiger partial charge in [0.15, 0.2) is 5.78 Å². The number of hydrogen-bond acceptors (Lipinski definition) is 3. The lowest BCUT2D eigenvalue weighted by Gasteiger charge is -2.01. The molecule has 0 fully saturated rings. The van der Waals surface area contributed by atoms with Crippen LogP contribution in [0.1, 0.15) is 17.4 Å². The molecule has 0 amide bonds. The van der Waals surface area contributed by atoms with Gasteiger partial charge in [-0.15, -0.1) is 0 Å². The van der Waals surface area contributed by atoms with Gasteiger partial charge in [-0.2, -0.15) is 4.98 Å². The van der Waals surface area contributed by atoms with Crippen LogP contribution < -0.4 is 5.69 Å². The molecule has 1 N–H and O–H groups in total. The predicted molar refractivity (Wildman–Crippen MR) is 52.3 cm³/mol. The Hall–Kier alpha value is -2.04. The number of benzene rings is 1. The van der Waals surface area contributed by atoms with Crippen LogP contribution in [0.5, 0.6) is 0 Å². The van der Waals surface area contributed by atoms with Gasteiger partial charge in [0.1, 0.15) is 11.3 Å². The SMILES string of the molecule is CC(=O)c1[nH]c(=O)nc2c(F)cccc12. The molecule has 0 unspecified atom stereocenters. The number of nitrogens with one attached hydrogen (secondary N) is 1. The van der Waals surface area contributed by atoms with Gasteiger partial charge in [-0.1, -0.05) is 12.1 Å². The minimum absolute atomic E-state index is 0.0774. The smallest absolute Gasteiger partial charge is 0.302 e. The van der Waals surface area contributed by atoms with Crippen LogP contribution in [0, 0.1) is 5.82 Å². The number of nitrogens with zero attached hydrogens (tertiary/aromatic N) is 1. The number of H-pyrrole nitrogens is 1. The van der Waals surface area contributed by atoms with Crippen molar-refractivity contribution in [1.82, 2.24) is 9.97 Å². The highest BCUT2D eigenvalue weighted by molar-refractivity contribution is 6.04. The highest BCUT2D eigenvalue weighted by Gasteiger charge is 2.11. The maximum atomic E-state index is 13.3. The van der Waals surface area contributed by atoms with E-state index in [1.54, 1.807) is 0 Å². The number of halogens is 1. The maximum absolute atomic E-state index is 13.3. The molecule has 1 heterocycles. The topological polar surface area (TPSA) is 62.8 Å². The summed E-state index contributed by atoms with van der Waals surface area (Å²) in [5.41, 5.74) is -0.714. The lowest BCUT2D eigenvalue weighted by Crippen LogP contribution is -2.15. The van der Waals surface area contributed by atoms with Crippen LogP contribution >= 0.6 is 0 Å². The van der Waals surface area contributed by atoms with Gasteiger partial charge < -0.3 is 4.98 Å². The molecule has 5 heteroatoms. The molecule has 1 aromatic heterocycles. The number of para-hydroxylation sites is 1. The number of Topliss-reactive ketones (excluding diaryl/α,β-unsaturated/α-hetero) is 1. The minimum atomic E-state index is -0.724. The lowest BCUT2D eigenvalue weighted by atomic mass is 10.1. The van der Waals surface area contributed by atoms with Gasteiger partial charge in [0.05, 0.1) is 5.69 Å². The fraction of sp³-hybridized carbons (Fsp3) is 0.100. The molecular formula is C10H7FN2O2. The van der Waals surface area contributed by atoms with Crippen molar-refractivity contribution in [2.75, 3.05) is 0 Å². The third kappa shape index (κ3) is 1.52. The summed E-state index contributed by atoms with van der Waals surface area (Å²) in [6.07, 6.45) is 0. The second-order valence-electron chi connectivity index (χ2n) is 3.11. The number of fused-ring (bicyclic) bond motifs is 1. The molecule has 0 atom stereocenters. The van der Waals surface area contributed by atoms with Gasteiger partial charge in [-0.3, -0.25) is 4.79 Å². The summed E-state index contributed by atoms with van der Waals surface area (Å²) in [6, 6.07) is 4.20. The molecule has 1 aromatic carbocycles. The van der Waals surface area contributed by atoms with Gasteiger partial charge in [0, 0.05) is 12.3 Å². The van der Waals surface area contributed by atoms with E-state index in [0.29, 0.717) is 5.39 Å². The molecule has 0 bridgehead atoms. The van der Waals surface area contributed by atoms with Gasteiger partial charge in [0.2, 0.25) is 0 Å². The Morgan fingerprint density at radius 1 is 1.47 bits per heavy atom. The number of rotatable bonds is 1. The number of carbonyl (C=O) groups is 1. The summed E-state index contributed by atoms with van der Waals surface area (Å²) in [5.74, 6) is -0.939. The van der Waals surface area contributed by atoms with E-state index in [1.807, 2.05) is 0 Å². The Morgan fingerprint density at radius 3 is 2.87 bits per heavy atom. The summed E-state index contributed by atoms with van der Waals surface area (Å²) in [6.45, 7) is 1.30. The number of aromatic nitrogens is 2. The first-order valence-electron chi connectivity index (χ1n) is 4.29. The molecule has 0 aliphatic carbocycles. The zero-order chi connectivity index (χ0) is 11.0. The Bertz CT molecular complexity index is 604. The van der Waals surface area contributed by atoms with Gasteiger partial charge in [-0.25, -0.2) is 9.18 Å². The van der Waals surface area contributed by atoms with Crippen molar-refractivity contribution in [3.8, 4) is 0 Å². The van der Waals surface area contributed by atoms with Crippen molar-refractivity contribution in [2.45, 2.75) is 6.92 Å². The molecule has 0 saturated carbocycles. The summed E-state index contributed by atoms with van der Waals surface area (Å²) in [5, 5.41) is 0.321. The summed E-state index contributed by atoms with van der Waals surface area (Å²) >= 11 is 0. The summed E-state index contributed by atoms with van der Waals surface area (Å²) in [4.78, 5) is 28.1. The van der Waals surface area contributed by atoms with Crippen molar-refractivity contribution in [2.24, 2.45) is 0 Å². The molecule has 76 valence electrons. The lowest BCUT2D eigenvalue weighted by molar-refractivity contribution is 0.101. The maximum Gasteiger partial charge on any atom is 0.346 e. The minimum Gasteiger partial charge on any atom is -0.302 e. The first-order valence-corrected chi connectivity index (χ1v) is 4.29. The van der Waals surface area contributed by atoms with E-state index in [9.17, 15) is 14.0 Å². The monoisotopic (exact) mass is 206 g/mol. The number of aromatic amines is 1. The zero-order valence-electron chi connectivity index (χ0n) is 7.87. The quantitative estimate of drug-likeness (QED) is 0.714. The average Bonchev–Trinajstić information content (AvgIpc) is 2.18. The van der Waals surface area contributed by atoms with Crippen LogP contribution in [0.3, 0.4) is 0 Å². The highest BCUT2D eigenvalue weighted by atomic mass is 19.1. The second-order valence-corrected chi connectivity index (χ2v) is 3.11. The van der Waals surface area contributed by atoms with Crippen molar-refractivity contribution in [3.05, 3.63) is 40.2 Å². The molecule has 4 nitrogen and oxygen atoms in total. The van der Waals surface area contributed by atoms with E-state index in [-0.39, 0.29) is 17.0 Å². The van der Waals surface area contributed by atoms with Crippen LogP contribution in [0.2, 0.25) is 0 Å². The normalized spacial score (nSPS) is 10.5. The fourth-order valence-corrected chi connectivity index (χ4v) is 1.41. The van der Waals surface area contributed by atoms with Crippen molar-refractivity contribution < 1.29 is 9.18 Å². The molecule has 2 aromatic rings. The van der Waals surface area contributed by atoms with E-state index in [2.05, 4.69) is 9.97 Å². The molecule has 2 rings (SSSR count). The van der Waals surface area contributed by atoms with E-state index >= 15 is 0 Å². The first-order chi connectivity index (χ1) is 7.09. The van der Waals surface area contributed by atoms with Gasteiger partial charge >= 0.3 is 5.69 Å². The number of carbonyl (C=O) groups excluding carboxylic acids is 1. The Morgan fingerprint density at radius 2 is 2.20 bits per heavy atom. The Labute approximate surface area is 83.8 Å². The van der Waals surface area contributed by atoms with E-state index in [1.165, 1.54) is 25.1 Å². The molecule has 0 saturated heterocycles. The van der Waals surface area contributed by atoms with Crippen LogP contribution in [-0.2, 0) is 0 Å². The molecule has 0 aliphatic rings. The summed E-state index contributed by atoms with van der Waals surface area (Å²) in [7, 11) is 0. The fourth-order valence-electron chi connectivity index (χ4n) is 1.41. The number of ketones is 1. The van der Waals surface area contributed by atoms with E-state index < -0.39 is 11.5 Å². The van der Waals surface area contributed by atoms with Crippen LogP contribution in [0.25, 0.3) is 10.9 Å². The standard InChI is InChI=1S/C10H7FN2O2/c1-5(14)8-6-3-2-4-7(11)9(6)13-10(15)12-8/h2-4H,1H3,(H,12,13,15). The average molecular weight is 206 g/mol. The van der Waals surface area contributed by atoms with Crippen molar-refractivity contribution in [3.63, 3.8) is 0 Å². The van der Waals surface area contributed by atoms with E-state index in [4.69, 9.17) is 0 Å². The van der Waals surface area contributed by atoms with Crippen molar-refractivity contribution >= 4 is 16.7 Å². The predicted octanol–water partition coefficient (Wildman–Crippen LogP) is 1.26. The molecule has 0 radical (unpaired) electrons. The third-order valence-electron chi connectivity index (χ3n) is 2.05. The molecule has 0 aliphatic heterocycles. The van der Waals surface area contributed by atoms with Gasteiger partial charge in [0.25, 0.3) is 0 Å². The van der Waals surface area contributed by atoms with Crippen LogP contribution in [0.4, 0.5) is 4.39 Å². The molecule has 0 spiro atoms. The Kier molecular flexibility index (Phi) is 2.07. The van der Waals surface area contributed by atoms with Crippen LogP contribution in [-0.4, -0.2) is 15.8 Å². The largest absolute Gasteiger partial charge is 0.346 e. The first kappa shape index (κ1) is 9.51. The van der Waals surface area contributed by atoms with Crippen LogP contribution in [0.15, 0.2) is 23.0 Å². The highest BCUT2D eigenvalue weighted by Crippen LogP contribution is 2.16. The zero-order valence-corrected chi connectivity index (χ0v) is 7.87.